The number of aryl methyl sites for hydroxylation is 1. The first-order valence-electron chi connectivity index (χ1n) is 10.6. The van der Waals surface area contributed by atoms with Crippen molar-refractivity contribution in [2.75, 3.05) is 31.6 Å². The minimum Gasteiger partial charge on any atom is -0.492 e. The lowest BCUT2D eigenvalue weighted by Crippen LogP contribution is -2.33. The Bertz CT molecular complexity index is 961. The number of ether oxygens (including phenoxy) is 1. The molecule has 0 bridgehead atoms. The van der Waals surface area contributed by atoms with Crippen LogP contribution in [0, 0.1) is 6.92 Å². The second-order valence-electron chi connectivity index (χ2n) is 7.75. The zero-order chi connectivity index (χ0) is 20.8. The van der Waals surface area contributed by atoms with Crippen LogP contribution in [0.25, 0.3) is 11.3 Å². The van der Waals surface area contributed by atoms with E-state index in [9.17, 15) is 4.79 Å². The highest BCUT2D eigenvalue weighted by molar-refractivity contribution is 6.06. The molecule has 0 radical (unpaired) electrons. The fourth-order valence-corrected chi connectivity index (χ4v) is 3.77. The van der Waals surface area contributed by atoms with Crippen LogP contribution in [0.3, 0.4) is 0 Å². The van der Waals surface area contributed by atoms with E-state index < -0.39 is 0 Å². The second kappa shape index (κ2) is 9.59. The molecule has 0 unspecified atom stereocenters. The summed E-state index contributed by atoms with van der Waals surface area (Å²) in [7, 11) is 0. The lowest BCUT2D eigenvalue weighted by molar-refractivity contribution is 0.102. The van der Waals surface area contributed by atoms with Crippen molar-refractivity contribution in [3.8, 4) is 17.0 Å². The number of nitrogens with one attached hydrogen (secondary N) is 2. The molecule has 1 aromatic heterocycles. The van der Waals surface area contributed by atoms with E-state index in [0.29, 0.717) is 12.2 Å². The Morgan fingerprint density at radius 3 is 2.63 bits per heavy atom. The van der Waals surface area contributed by atoms with Gasteiger partial charge in [-0.3, -0.25) is 14.8 Å². The van der Waals surface area contributed by atoms with E-state index in [4.69, 9.17) is 4.74 Å². The van der Waals surface area contributed by atoms with Crippen LogP contribution >= 0.6 is 0 Å². The fourth-order valence-electron chi connectivity index (χ4n) is 3.77. The average Bonchev–Trinajstić information content (AvgIpc) is 3.31. The van der Waals surface area contributed by atoms with Gasteiger partial charge in [0.15, 0.2) is 0 Å². The van der Waals surface area contributed by atoms with Gasteiger partial charge in [-0.15, -0.1) is 0 Å². The number of hydrogen-bond acceptors (Lipinski definition) is 4. The molecule has 1 saturated heterocycles. The van der Waals surface area contributed by atoms with Gasteiger partial charge in [-0.2, -0.15) is 5.10 Å². The maximum atomic E-state index is 12.8. The smallest absolute Gasteiger partial charge is 0.255 e. The summed E-state index contributed by atoms with van der Waals surface area (Å²) in [5.74, 6) is 0.636. The van der Waals surface area contributed by atoms with Crippen LogP contribution in [0.15, 0.2) is 54.7 Å². The molecular weight excluding hydrogens is 376 g/mol. The Hall–Kier alpha value is -3.12. The molecule has 3 aromatic rings. The number of anilines is 1. The number of H-pyrrole nitrogens is 1. The average molecular weight is 405 g/mol. The summed E-state index contributed by atoms with van der Waals surface area (Å²) in [5.41, 5.74) is 4.24. The molecule has 0 atom stereocenters. The Morgan fingerprint density at radius 1 is 1.10 bits per heavy atom. The van der Waals surface area contributed by atoms with Gasteiger partial charge in [-0.1, -0.05) is 18.1 Å². The predicted molar refractivity (Wildman–Crippen MR) is 119 cm³/mol. The summed E-state index contributed by atoms with van der Waals surface area (Å²) < 4.78 is 5.86. The van der Waals surface area contributed by atoms with Crippen LogP contribution in [-0.4, -0.2) is 47.2 Å². The lowest BCUT2D eigenvalue weighted by atomic mass is 10.1. The molecule has 6 nitrogen and oxygen atoms in total. The van der Waals surface area contributed by atoms with E-state index in [1.54, 1.807) is 18.3 Å². The first-order valence-corrected chi connectivity index (χ1v) is 10.6. The van der Waals surface area contributed by atoms with Crippen LogP contribution in [0.1, 0.15) is 35.2 Å². The van der Waals surface area contributed by atoms with Crippen LogP contribution in [0.4, 0.5) is 5.69 Å². The van der Waals surface area contributed by atoms with E-state index in [0.717, 1.165) is 34.8 Å². The molecule has 156 valence electrons. The topological polar surface area (TPSA) is 70.2 Å². The SMILES string of the molecule is Cc1ccc(NC(=O)c2ccc(OCCN3CCCCC3)cc2)c(-c2ccn[nH]2)c1. The highest BCUT2D eigenvalue weighted by atomic mass is 16.5. The van der Waals surface area contributed by atoms with E-state index in [1.165, 1.54) is 32.4 Å². The number of piperidine rings is 1. The standard InChI is InChI=1S/C24H28N4O2/c1-18-5-10-22(21(17-18)23-11-12-25-27-23)26-24(29)19-6-8-20(9-7-19)30-16-15-28-13-3-2-4-14-28/h5-12,17H,2-4,13-16H2,1H3,(H,25,27)(H,26,29). The summed E-state index contributed by atoms with van der Waals surface area (Å²) in [6.45, 7) is 5.98. The Balaban J connectivity index is 1.36. The van der Waals surface area contributed by atoms with Gasteiger partial charge in [0.25, 0.3) is 5.91 Å². The maximum absolute atomic E-state index is 12.8. The maximum Gasteiger partial charge on any atom is 0.255 e. The largest absolute Gasteiger partial charge is 0.492 e. The summed E-state index contributed by atoms with van der Waals surface area (Å²) in [4.78, 5) is 15.2. The third-order valence-electron chi connectivity index (χ3n) is 5.46. The monoisotopic (exact) mass is 404 g/mol. The van der Waals surface area contributed by atoms with Gasteiger partial charge in [-0.25, -0.2) is 0 Å². The van der Waals surface area contributed by atoms with Crippen LogP contribution in [-0.2, 0) is 0 Å². The zero-order valence-corrected chi connectivity index (χ0v) is 17.4. The van der Waals surface area contributed by atoms with Gasteiger partial charge in [0.1, 0.15) is 12.4 Å². The summed E-state index contributed by atoms with van der Waals surface area (Å²) in [6.07, 6.45) is 5.61. The van der Waals surface area contributed by atoms with Gasteiger partial charge in [-0.05, 0) is 75.3 Å². The molecule has 1 amide bonds. The van der Waals surface area contributed by atoms with E-state index in [-0.39, 0.29) is 5.91 Å². The van der Waals surface area contributed by atoms with Gasteiger partial charge >= 0.3 is 0 Å². The first kappa shape index (κ1) is 20.2. The fraction of sp³-hybridized carbons (Fsp3) is 0.333. The number of aromatic amines is 1. The van der Waals surface area contributed by atoms with Crippen LogP contribution < -0.4 is 10.1 Å². The van der Waals surface area contributed by atoms with Crippen molar-refractivity contribution in [3.05, 3.63) is 65.9 Å². The number of benzene rings is 2. The quantitative estimate of drug-likeness (QED) is 0.608. The second-order valence-corrected chi connectivity index (χ2v) is 7.75. The molecule has 2 aromatic carbocycles. The Labute approximate surface area is 177 Å². The molecule has 4 rings (SSSR count). The van der Waals surface area contributed by atoms with Crippen molar-refractivity contribution in [3.63, 3.8) is 0 Å². The van der Waals surface area contributed by atoms with Crippen molar-refractivity contribution in [1.29, 1.82) is 0 Å². The van der Waals surface area contributed by atoms with E-state index in [2.05, 4.69) is 20.4 Å². The van der Waals surface area contributed by atoms with Crippen LogP contribution in [0.2, 0.25) is 0 Å². The van der Waals surface area contributed by atoms with E-state index in [1.807, 2.05) is 43.3 Å². The summed E-state index contributed by atoms with van der Waals surface area (Å²) >= 11 is 0. The highest BCUT2D eigenvalue weighted by Crippen LogP contribution is 2.28. The molecule has 0 aliphatic carbocycles. The van der Waals surface area contributed by atoms with Gasteiger partial charge in [0.2, 0.25) is 0 Å². The molecule has 0 spiro atoms. The molecule has 6 heteroatoms. The molecule has 2 N–H and O–H groups in total. The van der Waals surface area contributed by atoms with Gasteiger partial charge in [0.05, 0.1) is 11.4 Å². The molecular formula is C24H28N4O2. The predicted octanol–water partition coefficient (Wildman–Crippen LogP) is 4.50. The number of aromatic nitrogens is 2. The number of carbonyl (C=O) groups is 1. The minimum atomic E-state index is -0.153. The van der Waals surface area contributed by atoms with Crippen molar-refractivity contribution in [1.82, 2.24) is 15.1 Å². The highest BCUT2D eigenvalue weighted by Gasteiger charge is 2.13. The third kappa shape index (κ3) is 5.07. The summed E-state index contributed by atoms with van der Waals surface area (Å²) in [5, 5.41) is 9.99. The number of hydrogen-bond donors (Lipinski definition) is 2. The molecule has 1 fully saturated rings. The third-order valence-corrected chi connectivity index (χ3v) is 5.46. The number of rotatable bonds is 7. The normalized spacial score (nSPS) is 14.4. The number of amides is 1. The number of likely N-dealkylation sites (tertiary alicyclic amines) is 1. The number of carbonyl (C=O) groups excluding carboxylic acids is 1. The van der Waals surface area contributed by atoms with Crippen molar-refractivity contribution in [2.45, 2.75) is 26.2 Å². The van der Waals surface area contributed by atoms with Crippen LogP contribution in [0.5, 0.6) is 5.75 Å². The molecule has 1 aliphatic heterocycles. The zero-order valence-electron chi connectivity index (χ0n) is 17.4. The molecule has 2 heterocycles. The first-order chi connectivity index (χ1) is 14.7. The van der Waals surface area contributed by atoms with Crippen molar-refractivity contribution in [2.24, 2.45) is 0 Å². The van der Waals surface area contributed by atoms with Crippen molar-refractivity contribution < 1.29 is 9.53 Å². The lowest BCUT2D eigenvalue weighted by Gasteiger charge is -2.26. The van der Waals surface area contributed by atoms with Gasteiger partial charge < -0.3 is 10.1 Å². The summed E-state index contributed by atoms with van der Waals surface area (Å²) in [6, 6.07) is 15.1. The molecule has 1 aliphatic rings. The van der Waals surface area contributed by atoms with Crippen molar-refractivity contribution >= 4 is 11.6 Å². The minimum absolute atomic E-state index is 0.153. The molecule has 0 saturated carbocycles. The van der Waals surface area contributed by atoms with Gasteiger partial charge in [0, 0.05) is 23.9 Å². The Kier molecular flexibility index (Phi) is 6.44. The Morgan fingerprint density at radius 2 is 1.90 bits per heavy atom. The van der Waals surface area contributed by atoms with E-state index >= 15 is 0 Å². The number of nitrogens with zero attached hydrogens (tertiary/aromatic N) is 2. The molecule has 30 heavy (non-hydrogen) atoms.